The van der Waals surface area contributed by atoms with Crippen LogP contribution in [-0.2, 0) is 17.8 Å². The molecule has 1 heterocycles. The predicted molar refractivity (Wildman–Crippen MR) is 76.4 cm³/mol. The van der Waals surface area contributed by atoms with Crippen LogP contribution in [0.1, 0.15) is 28.8 Å². The SMILES string of the molecule is N#Cc1ccc2c(c1)CCC=C2c1cncn1CC(=O)O. The number of fused-ring (bicyclic) bond motifs is 1. The number of nitrogens with zero attached hydrogens (tertiary/aromatic N) is 3. The molecule has 0 radical (unpaired) electrons. The van der Waals surface area contributed by atoms with Gasteiger partial charge in [0, 0.05) is 5.57 Å². The van der Waals surface area contributed by atoms with E-state index in [2.05, 4.69) is 17.1 Å². The fourth-order valence-corrected chi connectivity index (χ4v) is 2.67. The molecule has 0 unspecified atom stereocenters. The average molecular weight is 279 g/mol. The number of rotatable bonds is 3. The molecule has 1 aromatic carbocycles. The highest BCUT2D eigenvalue weighted by molar-refractivity contribution is 5.82. The van der Waals surface area contributed by atoms with Crippen molar-refractivity contribution in [2.75, 3.05) is 0 Å². The Kier molecular flexibility index (Phi) is 3.28. The maximum Gasteiger partial charge on any atom is 0.323 e. The lowest BCUT2D eigenvalue weighted by atomic mass is 9.88. The Labute approximate surface area is 121 Å². The Morgan fingerprint density at radius 3 is 3.10 bits per heavy atom. The van der Waals surface area contributed by atoms with E-state index in [1.54, 1.807) is 16.8 Å². The van der Waals surface area contributed by atoms with Gasteiger partial charge in [0.15, 0.2) is 0 Å². The van der Waals surface area contributed by atoms with Gasteiger partial charge in [-0.1, -0.05) is 12.1 Å². The van der Waals surface area contributed by atoms with Crippen LogP contribution in [-0.4, -0.2) is 20.6 Å². The third-order valence-corrected chi connectivity index (χ3v) is 3.58. The Bertz CT molecular complexity index is 781. The third-order valence-electron chi connectivity index (χ3n) is 3.58. The Morgan fingerprint density at radius 2 is 2.33 bits per heavy atom. The summed E-state index contributed by atoms with van der Waals surface area (Å²) in [6, 6.07) is 7.77. The summed E-state index contributed by atoms with van der Waals surface area (Å²) in [4.78, 5) is 15.0. The number of carbonyl (C=O) groups is 1. The van der Waals surface area contributed by atoms with Crippen LogP contribution in [0.5, 0.6) is 0 Å². The van der Waals surface area contributed by atoms with Crippen molar-refractivity contribution >= 4 is 11.5 Å². The first kappa shape index (κ1) is 13.1. The van der Waals surface area contributed by atoms with Gasteiger partial charge in [-0.15, -0.1) is 0 Å². The molecule has 0 saturated heterocycles. The highest BCUT2D eigenvalue weighted by Crippen LogP contribution is 2.32. The van der Waals surface area contributed by atoms with Crippen molar-refractivity contribution < 1.29 is 9.90 Å². The van der Waals surface area contributed by atoms with Crippen molar-refractivity contribution in [2.45, 2.75) is 19.4 Å². The van der Waals surface area contributed by atoms with Gasteiger partial charge in [-0.25, -0.2) is 4.98 Å². The molecule has 2 aromatic rings. The van der Waals surface area contributed by atoms with E-state index in [9.17, 15) is 4.79 Å². The number of aliphatic carboxylic acids is 1. The largest absolute Gasteiger partial charge is 0.480 e. The van der Waals surface area contributed by atoms with Crippen LogP contribution in [0.3, 0.4) is 0 Å². The molecule has 1 aromatic heterocycles. The number of carboxylic acids is 1. The van der Waals surface area contributed by atoms with Gasteiger partial charge >= 0.3 is 5.97 Å². The van der Waals surface area contributed by atoms with E-state index >= 15 is 0 Å². The number of aryl methyl sites for hydroxylation is 1. The molecule has 1 aliphatic carbocycles. The molecule has 0 bridgehead atoms. The molecule has 1 aliphatic rings. The summed E-state index contributed by atoms with van der Waals surface area (Å²) in [5, 5.41) is 18.0. The van der Waals surface area contributed by atoms with Crippen molar-refractivity contribution in [1.82, 2.24) is 9.55 Å². The monoisotopic (exact) mass is 279 g/mol. The summed E-state index contributed by atoms with van der Waals surface area (Å²) in [6.45, 7) is -0.113. The fourth-order valence-electron chi connectivity index (χ4n) is 2.67. The Morgan fingerprint density at radius 1 is 1.48 bits per heavy atom. The number of hydrogen-bond acceptors (Lipinski definition) is 3. The van der Waals surface area contributed by atoms with Crippen LogP contribution < -0.4 is 0 Å². The number of hydrogen-bond donors (Lipinski definition) is 1. The summed E-state index contributed by atoms with van der Waals surface area (Å²) in [7, 11) is 0. The number of carboxylic acid groups (broad SMARTS) is 1. The molecule has 104 valence electrons. The van der Waals surface area contributed by atoms with E-state index in [-0.39, 0.29) is 6.54 Å². The van der Waals surface area contributed by atoms with Gasteiger partial charge in [0.1, 0.15) is 6.54 Å². The van der Waals surface area contributed by atoms with Gasteiger partial charge < -0.3 is 9.67 Å². The quantitative estimate of drug-likeness (QED) is 0.934. The second kappa shape index (κ2) is 5.25. The van der Waals surface area contributed by atoms with Crippen molar-refractivity contribution in [3.63, 3.8) is 0 Å². The zero-order chi connectivity index (χ0) is 14.8. The molecule has 5 heteroatoms. The minimum atomic E-state index is -0.897. The summed E-state index contributed by atoms with van der Waals surface area (Å²) in [5.74, 6) is -0.897. The molecule has 1 N–H and O–H groups in total. The zero-order valence-corrected chi connectivity index (χ0v) is 11.3. The number of benzene rings is 1. The Hall–Kier alpha value is -2.87. The van der Waals surface area contributed by atoms with Gasteiger partial charge in [-0.2, -0.15) is 5.26 Å². The highest BCUT2D eigenvalue weighted by atomic mass is 16.4. The molecule has 3 rings (SSSR count). The van der Waals surface area contributed by atoms with Crippen molar-refractivity contribution in [2.24, 2.45) is 0 Å². The summed E-state index contributed by atoms with van der Waals surface area (Å²) >= 11 is 0. The van der Waals surface area contributed by atoms with Crippen LogP contribution in [0, 0.1) is 11.3 Å². The molecule has 5 nitrogen and oxygen atoms in total. The Balaban J connectivity index is 2.06. The molecule has 0 spiro atoms. The van der Waals surface area contributed by atoms with Gasteiger partial charge in [0.25, 0.3) is 0 Å². The molecular formula is C16H13N3O2. The van der Waals surface area contributed by atoms with E-state index in [1.807, 2.05) is 12.1 Å². The van der Waals surface area contributed by atoms with Gasteiger partial charge in [0.2, 0.25) is 0 Å². The van der Waals surface area contributed by atoms with Crippen molar-refractivity contribution in [3.05, 3.63) is 59.2 Å². The first-order valence-corrected chi connectivity index (χ1v) is 6.65. The second-order valence-electron chi connectivity index (χ2n) is 4.94. The lowest BCUT2D eigenvalue weighted by Gasteiger charge is -2.19. The third kappa shape index (κ3) is 2.43. The number of allylic oxidation sites excluding steroid dienone is 1. The lowest BCUT2D eigenvalue weighted by molar-refractivity contribution is -0.137. The van der Waals surface area contributed by atoms with Crippen LogP contribution in [0.4, 0.5) is 0 Å². The van der Waals surface area contributed by atoms with Crippen LogP contribution in [0.15, 0.2) is 36.8 Å². The van der Waals surface area contributed by atoms with Crippen LogP contribution >= 0.6 is 0 Å². The average Bonchev–Trinajstić information content (AvgIpc) is 2.93. The van der Waals surface area contributed by atoms with Gasteiger partial charge in [0.05, 0.1) is 29.9 Å². The molecular weight excluding hydrogens is 266 g/mol. The van der Waals surface area contributed by atoms with E-state index in [1.165, 1.54) is 6.33 Å². The normalized spacial score (nSPS) is 13.2. The van der Waals surface area contributed by atoms with Crippen molar-refractivity contribution in [1.29, 1.82) is 5.26 Å². The van der Waals surface area contributed by atoms with Gasteiger partial charge in [-0.3, -0.25) is 4.79 Å². The molecule has 0 fully saturated rings. The zero-order valence-electron chi connectivity index (χ0n) is 11.3. The number of imidazole rings is 1. The smallest absolute Gasteiger partial charge is 0.323 e. The maximum absolute atomic E-state index is 10.9. The lowest BCUT2D eigenvalue weighted by Crippen LogP contribution is -2.12. The fraction of sp³-hybridized carbons (Fsp3) is 0.188. The van der Waals surface area contributed by atoms with E-state index < -0.39 is 5.97 Å². The molecule has 21 heavy (non-hydrogen) atoms. The molecule has 0 amide bonds. The second-order valence-corrected chi connectivity index (χ2v) is 4.94. The standard InChI is InChI=1S/C16H13N3O2/c17-7-11-4-5-13-12(6-11)2-1-3-14(13)15-8-18-10-19(15)9-16(20)21/h3-6,8,10H,1-2,9H2,(H,20,21). The number of aromatic nitrogens is 2. The first-order chi connectivity index (χ1) is 10.2. The van der Waals surface area contributed by atoms with E-state index in [4.69, 9.17) is 10.4 Å². The highest BCUT2D eigenvalue weighted by Gasteiger charge is 2.18. The minimum absolute atomic E-state index is 0.113. The minimum Gasteiger partial charge on any atom is -0.480 e. The molecule has 0 aliphatic heterocycles. The molecule has 0 atom stereocenters. The van der Waals surface area contributed by atoms with Gasteiger partial charge in [-0.05, 0) is 36.1 Å². The van der Waals surface area contributed by atoms with E-state index in [0.29, 0.717) is 5.56 Å². The maximum atomic E-state index is 10.9. The first-order valence-electron chi connectivity index (χ1n) is 6.65. The van der Waals surface area contributed by atoms with Crippen molar-refractivity contribution in [3.8, 4) is 6.07 Å². The topological polar surface area (TPSA) is 78.9 Å². The van der Waals surface area contributed by atoms with Crippen LogP contribution in [0.25, 0.3) is 5.57 Å². The summed E-state index contributed by atoms with van der Waals surface area (Å²) < 4.78 is 1.63. The summed E-state index contributed by atoms with van der Waals surface area (Å²) in [5.41, 5.74) is 4.60. The predicted octanol–water partition coefficient (Wildman–Crippen LogP) is 2.22. The molecule has 0 saturated carbocycles. The summed E-state index contributed by atoms with van der Waals surface area (Å²) in [6.07, 6.45) is 7.07. The van der Waals surface area contributed by atoms with Crippen LogP contribution in [0.2, 0.25) is 0 Å². The van der Waals surface area contributed by atoms with E-state index in [0.717, 1.165) is 35.2 Å². The number of nitriles is 1.